The lowest BCUT2D eigenvalue weighted by Gasteiger charge is -2.44. The summed E-state index contributed by atoms with van der Waals surface area (Å²) in [4.78, 5) is 12.4. The molecule has 2 bridgehead atoms. The molecule has 4 nitrogen and oxygen atoms in total. The van der Waals surface area contributed by atoms with Gasteiger partial charge in [-0.1, -0.05) is 26.0 Å². The molecule has 1 N–H and O–H groups in total. The Kier molecular flexibility index (Phi) is 3.04. The van der Waals surface area contributed by atoms with Crippen molar-refractivity contribution < 1.29 is 19.4 Å². The van der Waals surface area contributed by atoms with E-state index in [-0.39, 0.29) is 42.2 Å². The number of fused-ring (bicyclic) bond motifs is 4. The second kappa shape index (κ2) is 4.44. The molecule has 1 aliphatic carbocycles. The summed E-state index contributed by atoms with van der Waals surface area (Å²) in [5.41, 5.74) is 0. The SMILES string of the molecule is CC(C)C1C=CC(CO)C2C3COC(O3)C(=O)C12. The van der Waals surface area contributed by atoms with Gasteiger partial charge in [0.2, 0.25) is 6.29 Å². The van der Waals surface area contributed by atoms with Gasteiger partial charge in [-0.25, -0.2) is 0 Å². The Bertz CT molecular complexity index is 376. The summed E-state index contributed by atoms with van der Waals surface area (Å²) in [6.45, 7) is 4.82. The molecular weight excluding hydrogens is 232 g/mol. The van der Waals surface area contributed by atoms with Crippen LogP contribution in [0.2, 0.25) is 0 Å². The van der Waals surface area contributed by atoms with Gasteiger partial charge in [-0.15, -0.1) is 0 Å². The zero-order chi connectivity index (χ0) is 12.9. The number of rotatable bonds is 2. The highest BCUT2D eigenvalue weighted by molar-refractivity contribution is 5.86. The minimum absolute atomic E-state index is 0.0154. The third-order valence-corrected chi connectivity index (χ3v) is 4.59. The first kappa shape index (κ1) is 12.3. The standard InChI is InChI=1S/C14H20O4/c1-7(2)9-4-3-8(5-15)11-10-6-17-14(18-10)13(16)12(9)11/h3-4,7-12,14-15H,5-6H2,1-2H3. The maximum atomic E-state index is 12.4. The Labute approximate surface area is 107 Å². The van der Waals surface area contributed by atoms with Gasteiger partial charge in [0.1, 0.15) is 0 Å². The molecule has 18 heavy (non-hydrogen) atoms. The summed E-state index contributed by atoms with van der Waals surface area (Å²) in [5.74, 6) is 0.740. The van der Waals surface area contributed by atoms with Crippen LogP contribution >= 0.6 is 0 Å². The number of aliphatic hydroxyl groups is 1. The molecule has 0 aromatic rings. The van der Waals surface area contributed by atoms with Crippen molar-refractivity contribution in [1.82, 2.24) is 0 Å². The van der Waals surface area contributed by atoms with E-state index in [1.165, 1.54) is 0 Å². The Balaban J connectivity index is 1.99. The molecular formula is C14H20O4. The van der Waals surface area contributed by atoms with E-state index < -0.39 is 6.29 Å². The zero-order valence-corrected chi connectivity index (χ0v) is 10.8. The maximum absolute atomic E-state index is 12.4. The first-order valence-corrected chi connectivity index (χ1v) is 6.73. The number of ketones is 1. The van der Waals surface area contributed by atoms with Crippen molar-refractivity contribution >= 4 is 5.78 Å². The summed E-state index contributed by atoms with van der Waals surface area (Å²) in [5, 5.41) is 9.51. The number of ether oxygens (including phenoxy) is 2. The third-order valence-electron chi connectivity index (χ3n) is 4.59. The molecule has 6 atom stereocenters. The predicted octanol–water partition coefficient (Wildman–Crippen LogP) is 0.993. The number of hydrogen-bond acceptors (Lipinski definition) is 4. The largest absolute Gasteiger partial charge is 0.396 e. The second-order valence-electron chi connectivity index (χ2n) is 5.90. The van der Waals surface area contributed by atoms with Crippen LogP contribution in [0.15, 0.2) is 12.2 Å². The van der Waals surface area contributed by atoms with Gasteiger partial charge < -0.3 is 14.6 Å². The smallest absolute Gasteiger partial charge is 0.218 e. The van der Waals surface area contributed by atoms with Crippen molar-refractivity contribution in [3.8, 4) is 0 Å². The van der Waals surface area contributed by atoms with Gasteiger partial charge in [-0.2, -0.15) is 0 Å². The molecule has 0 aromatic carbocycles. The van der Waals surface area contributed by atoms with Gasteiger partial charge >= 0.3 is 0 Å². The molecule has 0 amide bonds. The molecule has 3 rings (SSSR count). The Morgan fingerprint density at radius 1 is 1.44 bits per heavy atom. The van der Waals surface area contributed by atoms with E-state index in [0.29, 0.717) is 12.5 Å². The lowest BCUT2D eigenvalue weighted by molar-refractivity contribution is -0.173. The highest BCUT2D eigenvalue weighted by Crippen LogP contribution is 2.46. The number of hydrogen-bond donors (Lipinski definition) is 1. The van der Waals surface area contributed by atoms with Crippen molar-refractivity contribution in [2.24, 2.45) is 29.6 Å². The van der Waals surface area contributed by atoms with E-state index in [0.717, 1.165) is 0 Å². The molecule has 2 fully saturated rings. The summed E-state index contributed by atoms with van der Waals surface area (Å²) < 4.78 is 11.0. The topological polar surface area (TPSA) is 55.8 Å². The van der Waals surface area contributed by atoms with E-state index in [1.54, 1.807) is 0 Å². The van der Waals surface area contributed by atoms with Crippen LogP contribution in [0, 0.1) is 29.6 Å². The third kappa shape index (κ3) is 1.67. The van der Waals surface area contributed by atoms with Crippen LogP contribution in [-0.2, 0) is 14.3 Å². The number of carbonyl (C=O) groups is 1. The molecule has 0 saturated carbocycles. The molecule has 4 heteroatoms. The fourth-order valence-electron chi connectivity index (χ4n) is 3.68. The predicted molar refractivity (Wildman–Crippen MR) is 64.6 cm³/mol. The van der Waals surface area contributed by atoms with E-state index in [1.807, 2.05) is 0 Å². The average Bonchev–Trinajstić information content (AvgIpc) is 2.80. The summed E-state index contributed by atoms with van der Waals surface area (Å²) >= 11 is 0. The average molecular weight is 252 g/mol. The van der Waals surface area contributed by atoms with E-state index in [4.69, 9.17) is 9.47 Å². The van der Waals surface area contributed by atoms with Crippen molar-refractivity contribution in [3.05, 3.63) is 12.2 Å². The molecule has 100 valence electrons. The van der Waals surface area contributed by atoms with Crippen LogP contribution in [0.4, 0.5) is 0 Å². The van der Waals surface area contributed by atoms with Crippen LogP contribution in [0.3, 0.4) is 0 Å². The first-order chi connectivity index (χ1) is 8.63. The molecule has 2 aliphatic heterocycles. The van der Waals surface area contributed by atoms with Crippen molar-refractivity contribution in [2.75, 3.05) is 13.2 Å². The fraction of sp³-hybridized carbons (Fsp3) is 0.786. The van der Waals surface area contributed by atoms with Gasteiger partial charge in [-0.3, -0.25) is 4.79 Å². The van der Waals surface area contributed by atoms with Crippen LogP contribution in [0.1, 0.15) is 13.8 Å². The highest BCUT2D eigenvalue weighted by atomic mass is 16.7. The summed E-state index contributed by atoms with van der Waals surface area (Å²) in [7, 11) is 0. The molecule has 2 heterocycles. The molecule has 0 spiro atoms. The minimum atomic E-state index is -0.664. The van der Waals surface area contributed by atoms with Crippen LogP contribution in [0.5, 0.6) is 0 Å². The maximum Gasteiger partial charge on any atom is 0.218 e. The lowest BCUT2D eigenvalue weighted by Crippen LogP contribution is -2.52. The van der Waals surface area contributed by atoms with Crippen molar-refractivity contribution in [1.29, 1.82) is 0 Å². The number of allylic oxidation sites excluding steroid dienone is 1. The van der Waals surface area contributed by atoms with Gasteiger partial charge in [0, 0.05) is 24.4 Å². The van der Waals surface area contributed by atoms with Crippen LogP contribution in [0.25, 0.3) is 0 Å². The Morgan fingerprint density at radius 3 is 2.89 bits per heavy atom. The molecule has 0 radical (unpaired) electrons. The quantitative estimate of drug-likeness (QED) is 0.745. The number of carbonyl (C=O) groups excluding carboxylic acids is 1. The van der Waals surface area contributed by atoms with Crippen molar-refractivity contribution in [3.63, 3.8) is 0 Å². The Morgan fingerprint density at radius 2 is 2.22 bits per heavy atom. The first-order valence-electron chi connectivity index (χ1n) is 6.73. The fourth-order valence-corrected chi connectivity index (χ4v) is 3.68. The van der Waals surface area contributed by atoms with Gasteiger partial charge in [0.05, 0.1) is 12.7 Å². The van der Waals surface area contributed by atoms with Gasteiger partial charge in [-0.05, 0) is 11.8 Å². The highest BCUT2D eigenvalue weighted by Gasteiger charge is 2.55. The second-order valence-corrected chi connectivity index (χ2v) is 5.90. The molecule has 3 aliphatic rings. The molecule has 2 saturated heterocycles. The van der Waals surface area contributed by atoms with E-state index >= 15 is 0 Å². The number of aliphatic hydroxyl groups excluding tert-OH is 1. The summed E-state index contributed by atoms with van der Waals surface area (Å²) in [6.07, 6.45) is 3.46. The Hall–Kier alpha value is -0.710. The van der Waals surface area contributed by atoms with Gasteiger partial charge in [0.15, 0.2) is 5.78 Å². The minimum Gasteiger partial charge on any atom is -0.396 e. The molecule has 6 unspecified atom stereocenters. The van der Waals surface area contributed by atoms with Gasteiger partial charge in [0.25, 0.3) is 0 Å². The zero-order valence-electron chi connectivity index (χ0n) is 10.8. The van der Waals surface area contributed by atoms with E-state index in [9.17, 15) is 9.90 Å². The van der Waals surface area contributed by atoms with Crippen molar-refractivity contribution in [2.45, 2.75) is 26.2 Å². The van der Waals surface area contributed by atoms with E-state index in [2.05, 4.69) is 26.0 Å². The lowest BCUT2D eigenvalue weighted by atomic mass is 9.63. The van der Waals surface area contributed by atoms with Crippen LogP contribution in [-0.4, -0.2) is 36.5 Å². The summed E-state index contributed by atoms with van der Waals surface area (Å²) in [6, 6.07) is 0. The van der Waals surface area contributed by atoms with Crippen LogP contribution < -0.4 is 0 Å². The normalized spacial score (nSPS) is 46.6. The molecule has 0 aromatic heterocycles. The number of Topliss-reactive ketones (excluding diaryl/α,β-unsaturated/α-hetero) is 1. The monoisotopic (exact) mass is 252 g/mol.